The average Bonchev–Trinajstić information content (AvgIpc) is 2.80. The molecule has 0 radical (unpaired) electrons. The number of carbonyl (C=O) groups is 3. The van der Waals surface area contributed by atoms with E-state index in [0.29, 0.717) is 13.1 Å². The molecule has 0 saturated heterocycles. The number of carbonyl (C=O) groups excluding carboxylic acids is 3. The van der Waals surface area contributed by atoms with Crippen LogP contribution in [0.15, 0.2) is 44.6 Å². The molecule has 1 atom stereocenters. The Morgan fingerprint density at radius 3 is 2.60 bits per heavy atom. The monoisotopic (exact) mass is 663 g/mol. The number of nitrogens with zero attached hydrogens (tertiary/aromatic N) is 1. The summed E-state index contributed by atoms with van der Waals surface area (Å²) in [6, 6.07) is 7.95. The van der Waals surface area contributed by atoms with Gasteiger partial charge in [0.2, 0.25) is 5.91 Å². The van der Waals surface area contributed by atoms with E-state index in [4.69, 9.17) is 10.5 Å². The minimum atomic E-state index is -1.52. The lowest BCUT2D eigenvalue weighted by molar-refractivity contribution is -0.125. The first-order valence-electron chi connectivity index (χ1n) is 10.1. The molecule has 0 saturated carbocycles. The second-order valence-electron chi connectivity index (χ2n) is 7.47. The number of nitrogens with one attached hydrogen (secondary N) is 1. The molecule has 1 heterocycles. The summed E-state index contributed by atoms with van der Waals surface area (Å²) >= 11 is 2.32. The zero-order valence-corrected chi connectivity index (χ0v) is 22.3. The van der Waals surface area contributed by atoms with Gasteiger partial charge in [-0.3, -0.25) is 19.3 Å². The van der Waals surface area contributed by atoms with Crippen molar-refractivity contribution < 1.29 is 33.0 Å². The van der Waals surface area contributed by atoms with Gasteiger partial charge in [-0.15, -0.1) is 0 Å². The van der Waals surface area contributed by atoms with Crippen molar-refractivity contribution in [3.63, 3.8) is 0 Å². The molecule has 35 heavy (non-hydrogen) atoms. The van der Waals surface area contributed by atoms with Gasteiger partial charge in [0.25, 0.3) is 11.8 Å². The van der Waals surface area contributed by atoms with E-state index in [0.717, 1.165) is 17.7 Å². The lowest BCUT2D eigenvalue weighted by Gasteiger charge is -2.28. The van der Waals surface area contributed by atoms with Crippen molar-refractivity contribution in [2.24, 2.45) is 5.73 Å². The Morgan fingerprint density at radius 1 is 1.23 bits per heavy atom. The molecular formula is C23H21BrF2IN3O5. The van der Waals surface area contributed by atoms with Crippen LogP contribution < -0.4 is 16.0 Å². The first-order chi connectivity index (χ1) is 16.5. The number of halogens is 4. The molecule has 186 valence electrons. The predicted molar refractivity (Wildman–Crippen MR) is 138 cm³/mol. The number of nitrogens with two attached hydrogens (primary N) is 1. The van der Waals surface area contributed by atoms with E-state index in [1.54, 1.807) is 26.0 Å². The molecule has 1 aliphatic heterocycles. The standard InChI is InChI=1S/C23H21BrF2IN3O5/c1-11-3-4-13(22(33)29-9-18(31)21(28)32)7-17(11)30-12(2)27-20(19(24)23(30)34)35-10-14-5-6-15(25)8-16(14)26/h3-8,18,31H,9-10H2,1-2H3,(H2,28,32)(H,29,33). The Hall–Kier alpha value is -2.71. The molecule has 0 aliphatic carbocycles. The predicted octanol–water partition coefficient (Wildman–Crippen LogP) is 3.10. The Labute approximate surface area is 218 Å². The molecule has 4 N–H and O–H groups in total. The third-order valence-electron chi connectivity index (χ3n) is 4.96. The number of aryl methyl sites for hydroxylation is 1. The molecule has 1 aliphatic rings. The van der Waals surface area contributed by atoms with Gasteiger partial charge in [0, 0.05) is 17.2 Å². The zero-order valence-electron chi connectivity index (χ0n) is 18.6. The van der Waals surface area contributed by atoms with E-state index < -0.39 is 56.2 Å². The van der Waals surface area contributed by atoms with E-state index in [9.17, 15) is 28.3 Å². The number of ether oxygens (including phenoxy) is 1. The number of anilines is 1. The van der Waals surface area contributed by atoms with E-state index in [2.05, 4.69) is 21.2 Å². The number of aliphatic hydroxyl groups excluding tert-OH is 1. The molecule has 0 bridgehead atoms. The van der Waals surface area contributed by atoms with Gasteiger partial charge in [0.15, 0.2) is 3.77 Å². The van der Waals surface area contributed by atoms with Crippen molar-refractivity contribution in [2.45, 2.75) is 26.6 Å². The van der Waals surface area contributed by atoms with Crippen LogP contribution in [0.25, 0.3) is 0 Å². The van der Waals surface area contributed by atoms with E-state index >= 15 is 0 Å². The largest absolute Gasteiger partial charge is 0.482 e. The Bertz CT molecular complexity index is 1270. The van der Waals surface area contributed by atoms with Crippen molar-refractivity contribution in [3.8, 4) is 0 Å². The van der Waals surface area contributed by atoms with E-state index in [1.807, 2.05) is 0 Å². The third kappa shape index (κ3) is 6.30. The maximum absolute atomic E-state index is 13.9. The Balaban J connectivity index is 1.81. The lowest BCUT2D eigenvalue weighted by Crippen LogP contribution is -2.40. The molecule has 0 spiro atoms. The first kappa shape index (κ1) is 26.9. The first-order valence-corrected chi connectivity index (χ1v) is 13.1. The highest BCUT2D eigenvalue weighted by Gasteiger charge is 2.30. The molecule has 12 heteroatoms. The van der Waals surface area contributed by atoms with Crippen molar-refractivity contribution in [1.82, 2.24) is 5.32 Å². The van der Waals surface area contributed by atoms with Crippen molar-refractivity contribution >= 4 is 63.7 Å². The molecule has 2 aromatic carbocycles. The van der Waals surface area contributed by atoms with Crippen LogP contribution in [0.1, 0.15) is 28.4 Å². The number of primary amides is 1. The quantitative estimate of drug-likeness (QED) is 0.375. The van der Waals surface area contributed by atoms with Crippen LogP contribution in [0.3, 0.4) is 0 Å². The summed E-state index contributed by atoms with van der Waals surface area (Å²) in [6.45, 7) is 3.04. The summed E-state index contributed by atoms with van der Waals surface area (Å²) in [5.41, 5.74) is 6.58. The van der Waals surface area contributed by atoms with Gasteiger partial charge in [0.1, 0.15) is 28.8 Å². The number of aliphatic hydroxyl groups is 1. The normalized spacial score (nSPS) is 14.7. The fourth-order valence-electron chi connectivity index (χ4n) is 3.06. The lowest BCUT2D eigenvalue weighted by atomic mass is 10.1. The van der Waals surface area contributed by atoms with E-state index in [1.165, 1.54) is 17.0 Å². The maximum atomic E-state index is 13.9. The fourth-order valence-corrected chi connectivity index (χ4v) is 6.06. The third-order valence-corrected chi connectivity index (χ3v) is 9.00. The van der Waals surface area contributed by atoms with Gasteiger partial charge in [-0.25, -0.2) is 8.78 Å². The van der Waals surface area contributed by atoms with Crippen LogP contribution in [0.5, 0.6) is 0 Å². The van der Waals surface area contributed by atoms with Gasteiger partial charge >= 0.3 is 0 Å². The minimum Gasteiger partial charge on any atom is -0.482 e. The average molecular weight is 664 g/mol. The summed E-state index contributed by atoms with van der Waals surface area (Å²) < 4.78 is 34.1. The highest BCUT2D eigenvalue weighted by Crippen LogP contribution is 2.37. The molecule has 8 nitrogen and oxygen atoms in total. The molecule has 1 unspecified atom stereocenters. The summed E-state index contributed by atoms with van der Waals surface area (Å²) in [5, 5.41) is 11.9. The van der Waals surface area contributed by atoms with Gasteiger partial charge in [-0.1, -0.05) is 6.07 Å². The van der Waals surface area contributed by atoms with Crippen molar-refractivity contribution in [3.05, 3.63) is 73.0 Å². The molecule has 0 aromatic heterocycles. The van der Waals surface area contributed by atoms with Crippen LogP contribution in [0.4, 0.5) is 14.5 Å². The van der Waals surface area contributed by atoms with Crippen LogP contribution in [0.2, 0.25) is 0 Å². The number of hydrogen-bond donors (Lipinski definition) is 3. The highest BCUT2D eigenvalue weighted by molar-refractivity contribution is 14.2. The maximum Gasteiger partial charge on any atom is 0.274 e. The Kier molecular flexibility index (Phi) is 8.72. The second kappa shape index (κ2) is 11.4. The summed E-state index contributed by atoms with van der Waals surface area (Å²) in [7, 11) is 0. The van der Waals surface area contributed by atoms with Crippen molar-refractivity contribution in [1.29, 1.82) is 0 Å². The zero-order chi connectivity index (χ0) is 25.9. The SMILES string of the molecule is CC1=IC(OCc2ccc(F)cc2F)=C(Br)C(=O)N1c1cc(C(=O)NCC(O)C(N)=O)ccc1C. The molecule has 0 fully saturated rings. The van der Waals surface area contributed by atoms with Gasteiger partial charge < -0.3 is 20.9 Å². The summed E-state index contributed by atoms with van der Waals surface area (Å²) in [4.78, 5) is 38.2. The second-order valence-corrected chi connectivity index (χ2v) is 11.3. The van der Waals surface area contributed by atoms with Gasteiger partial charge in [-0.2, -0.15) is 0 Å². The Morgan fingerprint density at radius 2 is 1.94 bits per heavy atom. The molecule has 3 amide bonds. The number of benzene rings is 2. The molecule has 2 aromatic rings. The van der Waals surface area contributed by atoms with Gasteiger partial charge in [0.05, 0.1) is 15.9 Å². The topological polar surface area (TPSA) is 122 Å². The van der Waals surface area contributed by atoms with Crippen LogP contribution in [-0.2, 0) is 20.9 Å². The number of rotatable bonds is 8. The smallest absolute Gasteiger partial charge is 0.274 e. The molecular weight excluding hydrogens is 643 g/mol. The minimum absolute atomic E-state index is 0.159. The van der Waals surface area contributed by atoms with Crippen LogP contribution >= 0.6 is 36.7 Å². The highest BCUT2D eigenvalue weighted by atomic mass is 127. The summed E-state index contributed by atoms with van der Waals surface area (Å²) in [5.74, 6) is -3.36. The number of amides is 3. The van der Waals surface area contributed by atoms with Crippen LogP contribution in [-0.4, -0.2) is 39.1 Å². The summed E-state index contributed by atoms with van der Waals surface area (Å²) in [6.07, 6.45) is -1.52. The van der Waals surface area contributed by atoms with Crippen LogP contribution in [0, 0.1) is 18.6 Å². The fraction of sp³-hybridized carbons (Fsp3) is 0.217. The molecule has 3 rings (SSSR count). The van der Waals surface area contributed by atoms with E-state index in [-0.39, 0.29) is 28.8 Å². The van der Waals surface area contributed by atoms with Gasteiger partial charge in [-0.05, 0) is 80.3 Å². The van der Waals surface area contributed by atoms with Crippen molar-refractivity contribution in [2.75, 3.05) is 11.4 Å². The number of hydrogen-bond acceptors (Lipinski definition) is 5.